The molecule has 73 heavy (non-hydrogen) atoms. The van der Waals surface area contributed by atoms with E-state index in [4.69, 9.17) is 4.74 Å². The number of unbranched alkanes of at least 4 members (excludes halogenated alkanes) is 1. The maximum atomic E-state index is 14.1. The van der Waals surface area contributed by atoms with Crippen molar-refractivity contribution >= 4 is 73.1 Å². The number of rotatable bonds is 26. The summed E-state index contributed by atoms with van der Waals surface area (Å²) in [5.41, 5.74) is 3.48. The molecule has 394 valence electrons. The summed E-state index contributed by atoms with van der Waals surface area (Å²) >= 11 is 0. The fourth-order valence-electron chi connectivity index (χ4n) is 9.10. The van der Waals surface area contributed by atoms with Crippen LogP contribution in [0.25, 0.3) is 10.8 Å². The third-order valence-corrected chi connectivity index (χ3v) is 14.4. The number of carboxylic acid groups (broad SMARTS) is 1. The number of hydrogen-bond acceptors (Lipinski definition) is 13. The molecule has 20 heteroatoms. The van der Waals surface area contributed by atoms with Gasteiger partial charge in [-0.05, 0) is 98.7 Å². The highest BCUT2D eigenvalue weighted by Gasteiger charge is 2.29. The van der Waals surface area contributed by atoms with E-state index in [9.17, 15) is 37.5 Å². The summed E-state index contributed by atoms with van der Waals surface area (Å²) in [7, 11) is 0.463. The Bertz CT molecular complexity index is 2600. The molecule has 1 saturated carbocycles. The summed E-state index contributed by atoms with van der Waals surface area (Å²) in [6.07, 6.45) is 8.29. The highest BCUT2D eigenvalue weighted by Crippen LogP contribution is 2.30. The van der Waals surface area contributed by atoms with Crippen LogP contribution in [0.4, 0.5) is 27.5 Å². The summed E-state index contributed by atoms with van der Waals surface area (Å²) in [6, 6.07) is 22.1. The average Bonchev–Trinajstić information content (AvgIpc) is 3.38. The van der Waals surface area contributed by atoms with Crippen molar-refractivity contribution in [3.05, 3.63) is 90.5 Å². The minimum atomic E-state index is -3.46. The van der Waals surface area contributed by atoms with Crippen molar-refractivity contribution in [3.63, 3.8) is 0 Å². The van der Waals surface area contributed by atoms with Gasteiger partial charge in [0.05, 0.1) is 35.5 Å². The van der Waals surface area contributed by atoms with E-state index in [0.29, 0.717) is 86.0 Å². The standard InChI is InChI=1S/C53H72N10O9S/c1-62(2)42-24-22-40(23-25-42)61-60-39-20-18-38(19-21-39)50(65)56-28-8-7-15-47(52(67)68)59-51(66)46(57-36-41(35-37-11-5-4-6-12-37)58-53(69)63-31-33-72-34-32-63)26-27-49(64)55-30-29-54-45-16-9-14-44-43(45)13-10-17-48(44)73(3,70)71/h9-10,13-14,16-25,37,41,46-47,54,57H,4-8,11-12,15,26-36H2,1-3H3,(H,55,64)(H,56,65)(H,58,69)(H,59,66)(H,67,68)/b61-60+/t41-,46-,47-/m0/s1. The Hall–Kier alpha value is -6.64. The molecule has 19 nitrogen and oxygen atoms in total. The van der Waals surface area contributed by atoms with Crippen molar-refractivity contribution in [1.29, 1.82) is 0 Å². The average molecular weight is 1030 g/mol. The molecule has 4 aromatic carbocycles. The van der Waals surface area contributed by atoms with Gasteiger partial charge < -0.3 is 51.5 Å². The summed E-state index contributed by atoms with van der Waals surface area (Å²) in [6.45, 7) is 2.91. The molecule has 2 aliphatic rings. The lowest BCUT2D eigenvalue weighted by molar-refractivity contribution is -0.142. The van der Waals surface area contributed by atoms with Gasteiger partial charge in [0.1, 0.15) is 6.04 Å². The smallest absolute Gasteiger partial charge is 0.326 e. The summed E-state index contributed by atoms with van der Waals surface area (Å²) < 4.78 is 30.3. The molecule has 0 bridgehead atoms. The Morgan fingerprint density at radius 2 is 1.44 bits per heavy atom. The van der Waals surface area contributed by atoms with Gasteiger partial charge in [0.15, 0.2) is 9.84 Å². The molecule has 0 unspecified atom stereocenters. The minimum absolute atomic E-state index is 0.0449. The van der Waals surface area contributed by atoms with Crippen molar-refractivity contribution in [1.82, 2.24) is 31.5 Å². The number of carboxylic acids is 1. The Labute approximate surface area is 428 Å². The highest BCUT2D eigenvalue weighted by atomic mass is 32.2. The lowest BCUT2D eigenvalue weighted by Gasteiger charge is -2.32. The highest BCUT2D eigenvalue weighted by molar-refractivity contribution is 7.91. The number of anilines is 2. The maximum Gasteiger partial charge on any atom is 0.326 e. The van der Waals surface area contributed by atoms with E-state index < -0.39 is 33.8 Å². The molecule has 0 radical (unpaired) electrons. The van der Waals surface area contributed by atoms with Gasteiger partial charge in [0.2, 0.25) is 11.8 Å². The SMILES string of the molecule is CN(C)c1ccc(/N=N/c2ccc(C(=O)NCCCC[C@H](NC(=O)[C@H](CCC(=O)NCCNc3cccc4c(S(C)(=O)=O)cccc34)NC[C@H](CC3CCCCC3)NC(=O)N3CCOCC3)C(=O)O)cc2)cc1. The number of amides is 5. The summed E-state index contributed by atoms with van der Waals surface area (Å²) in [4.78, 5) is 70.2. The number of sulfone groups is 1. The molecule has 7 N–H and O–H groups in total. The second kappa shape index (κ2) is 28.0. The van der Waals surface area contributed by atoms with Gasteiger partial charge in [-0.15, -0.1) is 0 Å². The fourth-order valence-corrected chi connectivity index (χ4v) is 10.0. The number of hydrogen-bond donors (Lipinski definition) is 7. The van der Waals surface area contributed by atoms with Crippen molar-refractivity contribution in [2.24, 2.45) is 16.1 Å². The van der Waals surface area contributed by atoms with Crippen LogP contribution >= 0.6 is 0 Å². The van der Waals surface area contributed by atoms with Gasteiger partial charge in [-0.25, -0.2) is 18.0 Å². The second-order valence-electron chi connectivity index (χ2n) is 19.0. The van der Waals surface area contributed by atoms with Crippen molar-refractivity contribution in [2.45, 2.75) is 93.7 Å². The first-order valence-corrected chi connectivity index (χ1v) is 27.2. The normalized spacial score (nSPS) is 15.5. The number of carbonyl (C=O) groups excluding carboxylic acids is 4. The summed E-state index contributed by atoms with van der Waals surface area (Å²) in [5.74, 6) is -2.01. The Morgan fingerprint density at radius 3 is 2.11 bits per heavy atom. The van der Waals surface area contributed by atoms with Crippen LogP contribution in [0.1, 0.15) is 81.0 Å². The zero-order valence-corrected chi connectivity index (χ0v) is 43.1. The van der Waals surface area contributed by atoms with E-state index in [1.807, 2.05) is 55.4 Å². The number of nitrogens with one attached hydrogen (secondary N) is 6. The predicted molar refractivity (Wildman–Crippen MR) is 283 cm³/mol. The van der Waals surface area contributed by atoms with Gasteiger partial charge in [-0.2, -0.15) is 10.2 Å². The molecule has 4 aromatic rings. The summed E-state index contributed by atoms with van der Waals surface area (Å²) in [5, 5.41) is 38.3. The number of carbonyl (C=O) groups is 5. The number of fused-ring (bicyclic) bond motifs is 1. The number of aliphatic carboxylic acids is 1. The first-order valence-electron chi connectivity index (χ1n) is 25.3. The molecule has 3 atom stereocenters. The molecule has 5 amide bonds. The van der Waals surface area contributed by atoms with E-state index in [-0.39, 0.29) is 67.7 Å². The van der Waals surface area contributed by atoms with Crippen LogP contribution in [0.5, 0.6) is 0 Å². The van der Waals surface area contributed by atoms with Gasteiger partial charge in [0, 0.05) is 99.8 Å². The predicted octanol–water partition coefficient (Wildman–Crippen LogP) is 6.54. The Morgan fingerprint density at radius 1 is 0.767 bits per heavy atom. The molecule has 6 rings (SSSR count). The van der Waals surface area contributed by atoms with Gasteiger partial charge in [0.25, 0.3) is 5.91 Å². The molecular weight excluding hydrogens is 953 g/mol. The van der Waals surface area contributed by atoms with Crippen LogP contribution in [-0.2, 0) is 29.0 Å². The van der Waals surface area contributed by atoms with Crippen LogP contribution in [-0.4, -0.2) is 139 Å². The first-order chi connectivity index (χ1) is 35.1. The number of ether oxygens (including phenoxy) is 1. The number of urea groups is 1. The molecule has 0 aromatic heterocycles. The number of benzene rings is 4. The van der Waals surface area contributed by atoms with Crippen LogP contribution in [0, 0.1) is 5.92 Å². The lowest BCUT2D eigenvalue weighted by atomic mass is 9.84. The van der Waals surface area contributed by atoms with Gasteiger partial charge >= 0.3 is 12.0 Å². The van der Waals surface area contributed by atoms with Crippen LogP contribution in [0.2, 0.25) is 0 Å². The molecule has 2 fully saturated rings. The van der Waals surface area contributed by atoms with Crippen LogP contribution in [0.3, 0.4) is 0 Å². The van der Waals surface area contributed by atoms with E-state index in [1.54, 1.807) is 53.4 Å². The molecule has 0 spiro atoms. The number of morpholine rings is 1. The van der Waals surface area contributed by atoms with E-state index >= 15 is 0 Å². The maximum absolute atomic E-state index is 14.1. The molecule has 1 heterocycles. The molecule has 1 saturated heterocycles. The van der Waals surface area contributed by atoms with Crippen molar-refractivity contribution < 1.29 is 42.2 Å². The number of nitrogens with zero attached hydrogens (tertiary/aromatic N) is 4. The van der Waals surface area contributed by atoms with E-state index in [0.717, 1.165) is 36.8 Å². The van der Waals surface area contributed by atoms with E-state index in [1.165, 1.54) is 12.7 Å². The van der Waals surface area contributed by atoms with E-state index in [2.05, 4.69) is 42.1 Å². The third-order valence-electron chi connectivity index (χ3n) is 13.2. The number of azo groups is 1. The van der Waals surface area contributed by atoms with Gasteiger partial charge in [-0.1, -0.05) is 56.4 Å². The third kappa shape index (κ3) is 17.8. The van der Waals surface area contributed by atoms with Crippen LogP contribution in [0.15, 0.2) is 100 Å². The first kappa shape index (κ1) is 55.7. The fraction of sp³-hybridized carbons (Fsp3) is 0.491. The second-order valence-corrected chi connectivity index (χ2v) is 21.0. The monoisotopic (exact) mass is 1020 g/mol. The zero-order chi connectivity index (χ0) is 52.2. The topological polar surface area (TPSA) is 252 Å². The van der Waals surface area contributed by atoms with Crippen molar-refractivity contribution in [3.8, 4) is 0 Å². The van der Waals surface area contributed by atoms with Gasteiger partial charge in [-0.3, -0.25) is 14.4 Å². The Kier molecular flexibility index (Phi) is 21.3. The molecule has 1 aliphatic heterocycles. The largest absolute Gasteiger partial charge is 0.480 e. The molecular formula is C53H72N10O9S. The Balaban J connectivity index is 1.02. The van der Waals surface area contributed by atoms with Crippen LogP contribution < -0.4 is 36.8 Å². The lowest BCUT2D eigenvalue weighted by Crippen LogP contribution is -2.55. The quantitative estimate of drug-likeness (QED) is 0.0262. The molecule has 1 aliphatic carbocycles. The minimum Gasteiger partial charge on any atom is -0.480 e. The zero-order valence-electron chi connectivity index (χ0n) is 42.2. The van der Waals surface area contributed by atoms with Crippen molar-refractivity contribution in [2.75, 3.05) is 83.1 Å².